The quantitative estimate of drug-likeness (QED) is 0.185. The lowest BCUT2D eigenvalue weighted by Crippen LogP contribution is -2.00. The van der Waals surface area contributed by atoms with E-state index >= 15 is 0 Å². The van der Waals surface area contributed by atoms with Gasteiger partial charge in [0.05, 0.1) is 11.0 Å². The highest BCUT2D eigenvalue weighted by Gasteiger charge is 2.19. The van der Waals surface area contributed by atoms with Crippen molar-refractivity contribution >= 4 is 84.8 Å². The van der Waals surface area contributed by atoms with E-state index in [0.29, 0.717) is 17.5 Å². The highest BCUT2D eigenvalue weighted by molar-refractivity contribution is 7.26. The maximum Gasteiger partial charge on any atom is 0.165 e. The summed E-state index contributed by atoms with van der Waals surface area (Å²) in [6.45, 7) is 0. The fraction of sp³-hybridized carbons (Fsp3) is 0. The molecule has 238 valence electrons. The van der Waals surface area contributed by atoms with Gasteiger partial charge >= 0.3 is 0 Å². The van der Waals surface area contributed by atoms with Crippen LogP contribution < -0.4 is 0 Å². The minimum atomic E-state index is 0.655. The Balaban J connectivity index is 1.12. The molecule has 7 aromatic carbocycles. The Labute approximate surface area is 300 Å². The Hall–Kier alpha value is -6.21. The normalized spacial score (nSPS) is 11.9. The first-order chi connectivity index (χ1) is 25.3. The van der Waals surface area contributed by atoms with Crippen LogP contribution in [-0.4, -0.2) is 19.5 Å². The van der Waals surface area contributed by atoms with Crippen LogP contribution in [0.1, 0.15) is 0 Å². The Kier molecular flexibility index (Phi) is 6.26. The molecule has 0 N–H and O–H groups in total. The van der Waals surface area contributed by atoms with Crippen LogP contribution >= 0.6 is 22.7 Å². The minimum absolute atomic E-state index is 0.655. The number of hydrogen-bond donors (Lipinski definition) is 0. The molecule has 0 bridgehead atoms. The molecule has 51 heavy (non-hydrogen) atoms. The fourth-order valence-electron chi connectivity index (χ4n) is 7.51. The lowest BCUT2D eigenvalue weighted by atomic mass is 10.1. The molecular formula is C45H26N4S2. The molecule has 0 atom stereocenters. The van der Waals surface area contributed by atoms with Gasteiger partial charge in [-0.2, -0.15) is 0 Å². The van der Waals surface area contributed by atoms with Crippen LogP contribution in [0.15, 0.2) is 158 Å². The number of nitrogens with zero attached hydrogens (tertiary/aromatic N) is 4. The maximum absolute atomic E-state index is 5.21. The summed E-state index contributed by atoms with van der Waals surface area (Å²) in [5.41, 5.74) is 6.40. The summed E-state index contributed by atoms with van der Waals surface area (Å²) in [5, 5.41) is 7.44. The van der Waals surface area contributed by atoms with Crippen molar-refractivity contribution in [3.63, 3.8) is 0 Å². The second-order valence-electron chi connectivity index (χ2n) is 12.8. The van der Waals surface area contributed by atoms with Crippen LogP contribution in [0.25, 0.3) is 102 Å². The van der Waals surface area contributed by atoms with E-state index in [1.807, 2.05) is 29.5 Å². The highest BCUT2D eigenvalue weighted by atomic mass is 32.1. The summed E-state index contributed by atoms with van der Waals surface area (Å²) < 4.78 is 7.42. The van der Waals surface area contributed by atoms with Gasteiger partial charge < -0.3 is 4.57 Å². The third-order valence-electron chi connectivity index (χ3n) is 9.86. The highest BCUT2D eigenvalue weighted by Crippen LogP contribution is 2.41. The number of hydrogen-bond acceptors (Lipinski definition) is 5. The van der Waals surface area contributed by atoms with Gasteiger partial charge in [-0.05, 0) is 54.6 Å². The second-order valence-corrected chi connectivity index (χ2v) is 15.0. The van der Waals surface area contributed by atoms with Gasteiger partial charge in [-0.25, -0.2) is 15.0 Å². The molecule has 4 heterocycles. The van der Waals surface area contributed by atoms with Crippen molar-refractivity contribution in [3.8, 4) is 39.9 Å². The topological polar surface area (TPSA) is 43.6 Å². The molecule has 0 amide bonds. The van der Waals surface area contributed by atoms with E-state index in [4.69, 9.17) is 15.0 Å². The van der Waals surface area contributed by atoms with Crippen molar-refractivity contribution in [1.82, 2.24) is 19.5 Å². The molecule has 4 nitrogen and oxygen atoms in total. The van der Waals surface area contributed by atoms with Crippen LogP contribution in [0.5, 0.6) is 0 Å². The Bertz CT molecular complexity index is 3150. The zero-order chi connectivity index (χ0) is 33.5. The first-order valence-electron chi connectivity index (χ1n) is 16.9. The number of fused-ring (bicyclic) bond motifs is 9. The third kappa shape index (κ3) is 4.47. The van der Waals surface area contributed by atoms with Crippen LogP contribution in [0.3, 0.4) is 0 Å². The van der Waals surface area contributed by atoms with E-state index in [1.165, 1.54) is 51.2 Å². The first kappa shape index (κ1) is 28.6. The molecule has 4 aromatic heterocycles. The van der Waals surface area contributed by atoms with Crippen molar-refractivity contribution < 1.29 is 0 Å². The average Bonchev–Trinajstić information content (AvgIpc) is 3.87. The fourth-order valence-corrected chi connectivity index (χ4v) is 9.86. The first-order valence-corrected chi connectivity index (χ1v) is 18.6. The van der Waals surface area contributed by atoms with Crippen molar-refractivity contribution in [2.45, 2.75) is 0 Å². The van der Waals surface area contributed by atoms with E-state index in [-0.39, 0.29) is 0 Å². The molecule has 0 unspecified atom stereocenters. The van der Waals surface area contributed by atoms with E-state index < -0.39 is 0 Å². The molecule has 0 aliphatic carbocycles. The third-order valence-corrected chi connectivity index (χ3v) is 12.2. The summed E-state index contributed by atoms with van der Waals surface area (Å²) in [7, 11) is 0. The monoisotopic (exact) mass is 686 g/mol. The van der Waals surface area contributed by atoms with Gasteiger partial charge in [0.2, 0.25) is 0 Å². The molecule has 11 aromatic rings. The van der Waals surface area contributed by atoms with Crippen LogP contribution in [-0.2, 0) is 0 Å². The van der Waals surface area contributed by atoms with Crippen molar-refractivity contribution in [2.75, 3.05) is 0 Å². The molecule has 0 aliphatic rings. The van der Waals surface area contributed by atoms with Crippen LogP contribution in [0, 0.1) is 0 Å². The number of aromatic nitrogens is 4. The van der Waals surface area contributed by atoms with Gasteiger partial charge in [0, 0.05) is 73.5 Å². The van der Waals surface area contributed by atoms with Crippen LogP contribution in [0.2, 0.25) is 0 Å². The van der Waals surface area contributed by atoms with E-state index in [1.54, 1.807) is 11.3 Å². The molecular weight excluding hydrogens is 661 g/mol. The number of thiophene rings is 2. The molecule has 0 saturated heterocycles. The minimum Gasteiger partial charge on any atom is -0.309 e. The second kappa shape index (κ2) is 11.2. The average molecular weight is 687 g/mol. The van der Waals surface area contributed by atoms with Gasteiger partial charge in [0.15, 0.2) is 17.5 Å². The zero-order valence-corrected chi connectivity index (χ0v) is 28.7. The van der Waals surface area contributed by atoms with Crippen molar-refractivity contribution in [1.29, 1.82) is 0 Å². The number of benzene rings is 7. The summed E-state index contributed by atoms with van der Waals surface area (Å²) in [5.74, 6) is 1.99. The molecule has 0 spiro atoms. The molecule has 0 fully saturated rings. The molecule has 0 radical (unpaired) electrons. The Morgan fingerprint density at radius 2 is 1.00 bits per heavy atom. The van der Waals surface area contributed by atoms with E-state index in [2.05, 4.69) is 144 Å². The lowest BCUT2D eigenvalue weighted by molar-refractivity contribution is 1.08. The number of rotatable bonds is 4. The van der Waals surface area contributed by atoms with Gasteiger partial charge in [-0.15, -0.1) is 22.7 Å². The molecule has 0 aliphatic heterocycles. The summed E-state index contributed by atoms with van der Waals surface area (Å²) in [6.07, 6.45) is 0. The predicted octanol–water partition coefficient (Wildman–Crippen LogP) is 12.7. The largest absolute Gasteiger partial charge is 0.309 e. The maximum atomic E-state index is 5.21. The summed E-state index contributed by atoms with van der Waals surface area (Å²) in [6, 6.07) is 56.0. The van der Waals surface area contributed by atoms with Gasteiger partial charge in [-0.3, -0.25) is 0 Å². The molecule has 11 rings (SSSR count). The van der Waals surface area contributed by atoms with E-state index in [9.17, 15) is 0 Å². The Morgan fingerprint density at radius 3 is 1.84 bits per heavy atom. The SMILES string of the molecule is c1ccc(-c2nc(-c3ccc4c(c3)c3ccccc3n4-c3ccc4c(c3)sc3ccccc34)nc(-c3cccc4c3sc3ccccc34)n2)cc1. The Morgan fingerprint density at radius 1 is 0.373 bits per heavy atom. The van der Waals surface area contributed by atoms with Gasteiger partial charge in [0.1, 0.15) is 0 Å². The molecule has 6 heteroatoms. The smallest absolute Gasteiger partial charge is 0.165 e. The standard InChI is InChI=1S/C45H26N4S2/c1-2-11-27(12-3-1)43-46-44(48-45(47-43)35-17-10-16-34-32-15-6-9-20-40(32)51-42(34)35)28-21-24-38-36(25-28)30-13-4-7-18-37(30)49(38)29-22-23-33-31-14-5-8-19-39(31)50-41(33)26-29/h1-26H. The molecule has 0 saturated carbocycles. The summed E-state index contributed by atoms with van der Waals surface area (Å²) >= 11 is 3.64. The van der Waals surface area contributed by atoms with Crippen LogP contribution in [0.4, 0.5) is 0 Å². The van der Waals surface area contributed by atoms with Crippen molar-refractivity contribution in [2.24, 2.45) is 0 Å². The van der Waals surface area contributed by atoms with Gasteiger partial charge in [0.25, 0.3) is 0 Å². The zero-order valence-electron chi connectivity index (χ0n) is 27.1. The van der Waals surface area contributed by atoms with E-state index in [0.717, 1.165) is 33.3 Å². The van der Waals surface area contributed by atoms with Gasteiger partial charge in [-0.1, -0.05) is 103 Å². The predicted molar refractivity (Wildman–Crippen MR) is 216 cm³/mol. The summed E-state index contributed by atoms with van der Waals surface area (Å²) in [4.78, 5) is 15.4. The lowest BCUT2D eigenvalue weighted by Gasteiger charge is -2.10. The van der Waals surface area contributed by atoms with Crippen molar-refractivity contribution in [3.05, 3.63) is 158 Å². The number of para-hydroxylation sites is 1.